The van der Waals surface area contributed by atoms with Crippen LogP contribution < -0.4 is 10.2 Å². The SMILES string of the molecule is COCCN(C)C1=NC2C(=C(c3cccnc3)N1)CCN2c1ccncc1. The maximum Gasteiger partial charge on any atom is 0.200 e. The summed E-state index contributed by atoms with van der Waals surface area (Å²) in [4.78, 5) is 17.9. The van der Waals surface area contributed by atoms with Gasteiger partial charge in [0.25, 0.3) is 0 Å². The van der Waals surface area contributed by atoms with E-state index in [1.54, 1.807) is 13.3 Å². The number of anilines is 1. The molecule has 27 heavy (non-hydrogen) atoms. The van der Waals surface area contributed by atoms with E-state index in [1.807, 2.05) is 43.8 Å². The maximum atomic E-state index is 5.23. The zero-order valence-corrected chi connectivity index (χ0v) is 15.7. The summed E-state index contributed by atoms with van der Waals surface area (Å²) in [6, 6.07) is 8.14. The van der Waals surface area contributed by atoms with Crippen LogP contribution in [-0.4, -0.2) is 60.8 Å². The van der Waals surface area contributed by atoms with E-state index < -0.39 is 0 Å². The molecule has 2 aliphatic rings. The van der Waals surface area contributed by atoms with Gasteiger partial charge in [-0.25, -0.2) is 4.99 Å². The molecule has 1 N–H and O–H groups in total. The average Bonchev–Trinajstić information content (AvgIpc) is 3.16. The van der Waals surface area contributed by atoms with Gasteiger partial charge in [-0.05, 0) is 30.7 Å². The fraction of sp³-hybridized carbons (Fsp3) is 0.350. The van der Waals surface area contributed by atoms with Gasteiger partial charge in [0.15, 0.2) is 0 Å². The lowest BCUT2D eigenvalue weighted by Gasteiger charge is -2.33. The van der Waals surface area contributed by atoms with Crippen molar-refractivity contribution >= 4 is 17.3 Å². The molecule has 0 bridgehead atoms. The molecule has 4 rings (SSSR count). The fourth-order valence-electron chi connectivity index (χ4n) is 3.52. The van der Waals surface area contributed by atoms with E-state index in [-0.39, 0.29) is 6.17 Å². The second kappa shape index (κ2) is 7.75. The molecule has 1 saturated heterocycles. The minimum atomic E-state index is -0.0242. The number of likely N-dealkylation sites (N-methyl/N-ethyl adjacent to an activating group) is 1. The van der Waals surface area contributed by atoms with Gasteiger partial charge in [-0.3, -0.25) is 9.97 Å². The van der Waals surface area contributed by atoms with E-state index in [0.717, 1.165) is 42.4 Å². The van der Waals surface area contributed by atoms with Crippen LogP contribution in [0.4, 0.5) is 5.69 Å². The first-order chi connectivity index (χ1) is 13.3. The van der Waals surface area contributed by atoms with Crippen molar-refractivity contribution in [1.29, 1.82) is 0 Å². The zero-order valence-electron chi connectivity index (χ0n) is 15.7. The molecule has 0 amide bonds. The number of methoxy groups -OCH3 is 1. The molecular formula is C20H24N6O. The van der Waals surface area contributed by atoms with Crippen LogP contribution in [0.5, 0.6) is 0 Å². The molecule has 1 fully saturated rings. The highest BCUT2D eigenvalue weighted by atomic mass is 16.5. The quantitative estimate of drug-likeness (QED) is 0.875. The summed E-state index contributed by atoms with van der Waals surface area (Å²) in [7, 11) is 3.74. The van der Waals surface area contributed by atoms with Crippen LogP contribution in [0.25, 0.3) is 5.70 Å². The van der Waals surface area contributed by atoms with Crippen LogP contribution in [0.2, 0.25) is 0 Å². The third-order valence-electron chi connectivity index (χ3n) is 4.97. The number of hydrogen-bond donors (Lipinski definition) is 1. The van der Waals surface area contributed by atoms with Crippen molar-refractivity contribution in [3.63, 3.8) is 0 Å². The van der Waals surface area contributed by atoms with Gasteiger partial charge in [0.05, 0.1) is 12.3 Å². The van der Waals surface area contributed by atoms with Crippen molar-refractivity contribution in [2.45, 2.75) is 12.6 Å². The standard InChI is InChI=1S/C20H24N6O/c1-25(12-13-27-2)20-23-18(15-4-3-8-22-14-15)17-7-11-26(19(17)24-20)16-5-9-21-10-6-16/h3-6,8-10,14,19H,7,11-13H2,1-2H3,(H,23,24). The molecule has 2 aliphatic heterocycles. The summed E-state index contributed by atoms with van der Waals surface area (Å²) in [6.45, 7) is 2.34. The lowest BCUT2D eigenvalue weighted by Crippen LogP contribution is -2.45. The zero-order chi connectivity index (χ0) is 18.6. The number of ether oxygens (including phenoxy) is 1. The molecule has 1 unspecified atom stereocenters. The number of pyridine rings is 2. The van der Waals surface area contributed by atoms with Crippen molar-refractivity contribution in [3.05, 3.63) is 60.2 Å². The topological polar surface area (TPSA) is 65.9 Å². The Bertz CT molecular complexity index is 836. The molecular weight excluding hydrogens is 340 g/mol. The molecule has 2 aromatic rings. The van der Waals surface area contributed by atoms with E-state index in [9.17, 15) is 0 Å². The normalized spacial score (nSPS) is 18.8. The third-order valence-corrected chi connectivity index (χ3v) is 4.97. The minimum Gasteiger partial charge on any atom is -0.383 e. The van der Waals surface area contributed by atoms with Gasteiger partial charge in [0.2, 0.25) is 5.96 Å². The number of aromatic nitrogens is 2. The molecule has 140 valence electrons. The van der Waals surface area contributed by atoms with Crippen LogP contribution in [0.3, 0.4) is 0 Å². The van der Waals surface area contributed by atoms with Crippen molar-refractivity contribution in [1.82, 2.24) is 20.2 Å². The minimum absolute atomic E-state index is 0.0242. The summed E-state index contributed by atoms with van der Waals surface area (Å²) in [6.07, 6.45) is 8.30. The number of nitrogens with one attached hydrogen (secondary N) is 1. The number of rotatable bonds is 5. The second-order valence-electron chi connectivity index (χ2n) is 6.66. The lowest BCUT2D eigenvalue weighted by atomic mass is 10.0. The highest BCUT2D eigenvalue weighted by molar-refractivity contribution is 5.93. The Morgan fingerprint density at radius 3 is 2.81 bits per heavy atom. The number of fused-ring (bicyclic) bond motifs is 1. The number of aliphatic imine (C=N–C) groups is 1. The Balaban J connectivity index is 1.72. The number of guanidine groups is 1. The lowest BCUT2D eigenvalue weighted by molar-refractivity contribution is 0.182. The predicted molar refractivity (Wildman–Crippen MR) is 106 cm³/mol. The third kappa shape index (κ3) is 3.50. The Morgan fingerprint density at radius 2 is 2.07 bits per heavy atom. The first-order valence-corrected chi connectivity index (χ1v) is 9.13. The molecule has 4 heterocycles. The van der Waals surface area contributed by atoms with Crippen LogP contribution in [0.1, 0.15) is 12.0 Å². The fourth-order valence-corrected chi connectivity index (χ4v) is 3.52. The van der Waals surface area contributed by atoms with E-state index >= 15 is 0 Å². The summed E-state index contributed by atoms with van der Waals surface area (Å²) >= 11 is 0. The van der Waals surface area contributed by atoms with Crippen LogP contribution in [-0.2, 0) is 4.74 Å². The smallest absolute Gasteiger partial charge is 0.200 e. The molecule has 1 atom stereocenters. The van der Waals surface area contributed by atoms with Crippen LogP contribution >= 0.6 is 0 Å². The van der Waals surface area contributed by atoms with Gasteiger partial charge in [0, 0.05) is 68.9 Å². The van der Waals surface area contributed by atoms with Crippen LogP contribution in [0.15, 0.2) is 59.6 Å². The molecule has 2 aromatic heterocycles. The van der Waals surface area contributed by atoms with Crippen molar-refractivity contribution in [2.75, 3.05) is 38.8 Å². The Labute approximate surface area is 159 Å². The van der Waals surface area contributed by atoms with Gasteiger partial charge in [0.1, 0.15) is 6.17 Å². The first-order valence-electron chi connectivity index (χ1n) is 9.13. The summed E-state index contributed by atoms with van der Waals surface area (Å²) in [5, 5.41) is 3.54. The number of hydrogen-bond acceptors (Lipinski definition) is 7. The Hall–Kier alpha value is -2.93. The highest BCUT2D eigenvalue weighted by Gasteiger charge is 2.36. The van der Waals surface area contributed by atoms with E-state index in [1.165, 1.54) is 5.57 Å². The van der Waals surface area contributed by atoms with Gasteiger partial charge >= 0.3 is 0 Å². The van der Waals surface area contributed by atoms with Crippen molar-refractivity contribution in [3.8, 4) is 0 Å². The van der Waals surface area contributed by atoms with Gasteiger partial charge in [-0.2, -0.15) is 0 Å². The van der Waals surface area contributed by atoms with E-state index in [0.29, 0.717) is 6.61 Å². The molecule has 0 aliphatic carbocycles. The summed E-state index contributed by atoms with van der Waals surface area (Å²) < 4.78 is 5.23. The average molecular weight is 364 g/mol. The maximum absolute atomic E-state index is 5.23. The van der Waals surface area contributed by atoms with Crippen molar-refractivity contribution in [2.24, 2.45) is 4.99 Å². The van der Waals surface area contributed by atoms with Crippen LogP contribution in [0, 0.1) is 0 Å². The molecule has 0 spiro atoms. The Kier molecular flexibility index (Phi) is 5.02. The monoisotopic (exact) mass is 364 g/mol. The predicted octanol–water partition coefficient (Wildman–Crippen LogP) is 1.96. The van der Waals surface area contributed by atoms with E-state index in [2.05, 4.69) is 31.2 Å². The molecule has 0 aromatic carbocycles. The largest absolute Gasteiger partial charge is 0.383 e. The first kappa shape index (κ1) is 17.5. The second-order valence-corrected chi connectivity index (χ2v) is 6.66. The number of nitrogens with zero attached hydrogens (tertiary/aromatic N) is 5. The highest BCUT2D eigenvalue weighted by Crippen LogP contribution is 2.36. The molecule has 0 radical (unpaired) electrons. The van der Waals surface area contributed by atoms with Crippen molar-refractivity contribution < 1.29 is 4.74 Å². The molecule has 7 nitrogen and oxygen atoms in total. The summed E-state index contributed by atoms with van der Waals surface area (Å²) in [5.74, 6) is 0.848. The summed E-state index contributed by atoms with van der Waals surface area (Å²) in [5.41, 5.74) is 4.63. The molecule has 0 saturated carbocycles. The van der Waals surface area contributed by atoms with Gasteiger partial charge in [-0.1, -0.05) is 0 Å². The van der Waals surface area contributed by atoms with Gasteiger partial charge in [-0.15, -0.1) is 0 Å². The molecule has 7 heteroatoms. The van der Waals surface area contributed by atoms with Gasteiger partial charge < -0.3 is 19.9 Å². The van der Waals surface area contributed by atoms with E-state index in [4.69, 9.17) is 9.73 Å². The Morgan fingerprint density at radius 1 is 1.22 bits per heavy atom.